The Bertz CT molecular complexity index is 746. The fourth-order valence-corrected chi connectivity index (χ4v) is 2.93. The van der Waals surface area contributed by atoms with Gasteiger partial charge in [-0.1, -0.05) is 11.6 Å². The molecule has 0 saturated carbocycles. The van der Waals surface area contributed by atoms with Crippen molar-refractivity contribution in [1.82, 2.24) is 4.98 Å². The Labute approximate surface area is 150 Å². The SMILES string of the molecule is Oc1c(Br)cc(C=NNc2ncc(C(F)(F)F)cc2Cl)cc1Br. The van der Waals surface area contributed by atoms with Gasteiger partial charge in [-0.25, -0.2) is 4.98 Å². The van der Waals surface area contributed by atoms with Gasteiger partial charge < -0.3 is 5.11 Å². The molecule has 0 saturated heterocycles. The average Bonchev–Trinajstić information content (AvgIpc) is 2.45. The summed E-state index contributed by atoms with van der Waals surface area (Å²) in [4.78, 5) is 3.59. The quantitative estimate of drug-likeness (QED) is 0.462. The van der Waals surface area contributed by atoms with Crippen molar-refractivity contribution in [1.29, 1.82) is 0 Å². The van der Waals surface area contributed by atoms with Gasteiger partial charge in [-0.2, -0.15) is 18.3 Å². The molecule has 1 heterocycles. The number of aromatic hydroxyl groups is 1. The molecule has 1 aromatic carbocycles. The number of aromatic nitrogens is 1. The second-order valence-corrected chi connectivity index (χ2v) is 6.37. The maximum absolute atomic E-state index is 12.5. The number of phenols is 1. The molecule has 0 bridgehead atoms. The van der Waals surface area contributed by atoms with Crippen LogP contribution < -0.4 is 5.43 Å². The summed E-state index contributed by atoms with van der Waals surface area (Å²) in [5, 5.41) is 13.2. The molecule has 1 aromatic heterocycles. The predicted octanol–water partition coefficient (Wildman–Crippen LogP) is 5.43. The Balaban J connectivity index is 2.15. The summed E-state index contributed by atoms with van der Waals surface area (Å²) in [7, 11) is 0. The molecule has 0 aliphatic heterocycles. The second-order valence-electron chi connectivity index (χ2n) is 4.26. The van der Waals surface area contributed by atoms with E-state index in [1.165, 1.54) is 6.21 Å². The molecule has 2 aromatic rings. The summed E-state index contributed by atoms with van der Waals surface area (Å²) < 4.78 is 38.4. The van der Waals surface area contributed by atoms with E-state index in [-0.39, 0.29) is 16.6 Å². The fourth-order valence-electron chi connectivity index (χ4n) is 1.50. The van der Waals surface area contributed by atoms with Crippen molar-refractivity contribution in [3.8, 4) is 5.75 Å². The first-order valence-corrected chi connectivity index (χ1v) is 7.84. The topological polar surface area (TPSA) is 57.5 Å². The van der Waals surface area contributed by atoms with Crippen LogP contribution in [0.1, 0.15) is 11.1 Å². The van der Waals surface area contributed by atoms with Crippen LogP contribution in [0.15, 0.2) is 38.4 Å². The van der Waals surface area contributed by atoms with E-state index in [1.807, 2.05) is 0 Å². The summed E-state index contributed by atoms with van der Waals surface area (Å²) in [6, 6.07) is 3.97. The smallest absolute Gasteiger partial charge is 0.417 e. The molecule has 10 heteroatoms. The Morgan fingerprint density at radius 1 is 1.22 bits per heavy atom. The molecular formula is C13H7Br2ClF3N3O. The van der Waals surface area contributed by atoms with Crippen LogP contribution in [0.4, 0.5) is 19.0 Å². The van der Waals surface area contributed by atoms with Gasteiger partial charge in [0.1, 0.15) is 5.75 Å². The van der Waals surface area contributed by atoms with E-state index >= 15 is 0 Å². The zero-order chi connectivity index (χ0) is 17.2. The minimum Gasteiger partial charge on any atom is -0.506 e. The van der Waals surface area contributed by atoms with Gasteiger partial charge in [0.25, 0.3) is 0 Å². The number of phenolic OH excluding ortho intramolecular Hbond substituents is 1. The van der Waals surface area contributed by atoms with Crippen LogP contribution in [-0.2, 0) is 6.18 Å². The summed E-state index contributed by atoms with van der Waals surface area (Å²) in [5.41, 5.74) is 2.14. The highest BCUT2D eigenvalue weighted by Gasteiger charge is 2.31. The summed E-state index contributed by atoms with van der Waals surface area (Å²) in [6.07, 6.45) is -2.45. The first-order chi connectivity index (χ1) is 10.7. The Morgan fingerprint density at radius 3 is 2.35 bits per heavy atom. The van der Waals surface area contributed by atoms with Gasteiger partial charge in [-0.05, 0) is 55.6 Å². The molecule has 0 aliphatic rings. The molecule has 0 aliphatic carbocycles. The third kappa shape index (κ3) is 4.58. The molecule has 122 valence electrons. The standard InChI is InChI=1S/C13H7Br2ClF3N3O/c14-8-1-6(2-9(15)11(8)23)4-21-22-12-10(16)3-7(5-20-12)13(17,18)19/h1-5,23H,(H,20,22). The van der Waals surface area contributed by atoms with E-state index in [4.69, 9.17) is 11.6 Å². The van der Waals surface area contributed by atoms with Crippen LogP contribution in [-0.4, -0.2) is 16.3 Å². The number of hydrogen-bond donors (Lipinski definition) is 2. The maximum Gasteiger partial charge on any atom is 0.417 e. The molecule has 0 radical (unpaired) electrons. The van der Waals surface area contributed by atoms with Crippen LogP contribution in [0.5, 0.6) is 5.75 Å². The molecule has 2 N–H and O–H groups in total. The van der Waals surface area contributed by atoms with Gasteiger partial charge in [0, 0.05) is 6.20 Å². The summed E-state index contributed by atoms with van der Waals surface area (Å²) >= 11 is 12.1. The largest absolute Gasteiger partial charge is 0.506 e. The minimum atomic E-state index is -4.51. The zero-order valence-corrected chi connectivity index (χ0v) is 14.9. The number of alkyl halides is 3. The first kappa shape index (κ1) is 18.0. The fraction of sp³-hybridized carbons (Fsp3) is 0.0769. The van der Waals surface area contributed by atoms with E-state index in [0.717, 1.165) is 6.07 Å². The average molecular weight is 473 g/mol. The molecule has 23 heavy (non-hydrogen) atoms. The lowest BCUT2D eigenvalue weighted by molar-refractivity contribution is -0.137. The predicted molar refractivity (Wildman–Crippen MR) is 89.0 cm³/mol. The highest BCUT2D eigenvalue weighted by molar-refractivity contribution is 9.11. The summed E-state index contributed by atoms with van der Waals surface area (Å²) in [6.45, 7) is 0. The van der Waals surface area contributed by atoms with Crippen LogP contribution in [0.2, 0.25) is 5.02 Å². The van der Waals surface area contributed by atoms with Gasteiger partial charge in [-0.3, -0.25) is 5.43 Å². The Hall–Kier alpha value is -1.32. The number of benzene rings is 1. The number of nitrogens with one attached hydrogen (secondary N) is 1. The number of hydrogen-bond acceptors (Lipinski definition) is 4. The van der Waals surface area contributed by atoms with Crippen molar-refractivity contribution in [2.45, 2.75) is 6.18 Å². The van der Waals surface area contributed by atoms with Crippen LogP contribution in [0, 0.1) is 0 Å². The number of anilines is 1. The minimum absolute atomic E-state index is 0.00664. The summed E-state index contributed by atoms with van der Waals surface area (Å²) in [5.74, 6) is 0.0374. The van der Waals surface area contributed by atoms with Gasteiger partial charge in [-0.15, -0.1) is 0 Å². The molecule has 0 fully saturated rings. The Kier molecular flexibility index (Phi) is 5.53. The van der Waals surface area contributed by atoms with Crippen molar-refractivity contribution >= 4 is 55.5 Å². The van der Waals surface area contributed by atoms with Gasteiger partial charge in [0.2, 0.25) is 0 Å². The Morgan fingerprint density at radius 2 is 1.83 bits per heavy atom. The third-order valence-corrected chi connectivity index (χ3v) is 4.09. The number of halogens is 6. The van der Waals surface area contributed by atoms with Crippen molar-refractivity contribution < 1.29 is 18.3 Å². The van der Waals surface area contributed by atoms with E-state index in [2.05, 4.69) is 47.4 Å². The molecule has 0 unspecified atom stereocenters. The van der Waals surface area contributed by atoms with Crippen LogP contribution in [0.25, 0.3) is 0 Å². The molecule has 0 atom stereocenters. The lowest BCUT2D eigenvalue weighted by atomic mass is 10.2. The molecule has 0 amide bonds. The van der Waals surface area contributed by atoms with Crippen molar-refractivity contribution in [2.24, 2.45) is 5.10 Å². The second kappa shape index (κ2) is 7.06. The normalized spacial score (nSPS) is 11.9. The lowest BCUT2D eigenvalue weighted by Crippen LogP contribution is -2.06. The van der Waals surface area contributed by atoms with Gasteiger partial charge in [0.15, 0.2) is 5.82 Å². The van der Waals surface area contributed by atoms with Crippen LogP contribution >= 0.6 is 43.5 Å². The van der Waals surface area contributed by atoms with Gasteiger partial charge >= 0.3 is 6.18 Å². The number of pyridine rings is 1. The van der Waals surface area contributed by atoms with E-state index < -0.39 is 11.7 Å². The third-order valence-electron chi connectivity index (χ3n) is 2.59. The van der Waals surface area contributed by atoms with Gasteiger partial charge in [0.05, 0.1) is 25.7 Å². The highest BCUT2D eigenvalue weighted by Crippen LogP contribution is 2.33. The molecular weight excluding hydrogens is 466 g/mol. The number of hydrazone groups is 1. The first-order valence-electron chi connectivity index (χ1n) is 5.88. The van der Waals surface area contributed by atoms with Crippen molar-refractivity contribution in [3.63, 3.8) is 0 Å². The number of nitrogens with zero attached hydrogens (tertiary/aromatic N) is 2. The highest BCUT2D eigenvalue weighted by atomic mass is 79.9. The maximum atomic E-state index is 12.5. The van der Waals surface area contributed by atoms with E-state index in [9.17, 15) is 18.3 Å². The lowest BCUT2D eigenvalue weighted by Gasteiger charge is -2.08. The van der Waals surface area contributed by atoms with E-state index in [0.29, 0.717) is 20.7 Å². The zero-order valence-electron chi connectivity index (χ0n) is 11.0. The number of rotatable bonds is 3. The van der Waals surface area contributed by atoms with Crippen molar-refractivity contribution in [3.05, 3.63) is 49.5 Å². The monoisotopic (exact) mass is 471 g/mol. The van der Waals surface area contributed by atoms with Crippen LogP contribution in [0.3, 0.4) is 0 Å². The molecule has 2 rings (SSSR count). The van der Waals surface area contributed by atoms with Crippen molar-refractivity contribution in [2.75, 3.05) is 5.43 Å². The molecule has 0 spiro atoms. The van der Waals surface area contributed by atoms with E-state index in [1.54, 1.807) is 12.1 Å². The molecule has 4 nitrogen and oxygen atoms in total.